The van der Waals surface area contributed by atoms with Crippen LogP contribution in [0, 0.1) is 16.7 Å². The lowest BCUT2D eigenvalue weighted by molar-refractivity contribution is -0.0550. The first-order valence-corrected chi connectivity index (χ1v) is 7.78. The van der Waals surface area contributed by atoms with E-state index in [0.717, 1.165) is 17.9 Å². The molecule has 0 saturated heterocycles. The summed E-state index contributed by atoms with van der Waals surface area (Å²) in [7, 11) is 0. The van der Waals surface area contributed by atoms with Crippen LogP contribution in [-0.4, -0.2) is 17.2 Å². The predicted molar refractivity (Wildman–Crippen MR) is 81.2 cm³/mol. The quantitative estimate of drug-likeness (QED) is 0.906. The molecule has 3 rings (SSSR count). The molecule has 0 amide bonds. The van der Waals surface area contributed by atoms with E-state index in [4.69, 9.17) is 9.84 Å². The number of carbonyl (C=O) groups is 1. The minimum Gasteiger partial charge on any atom is -0.478 e. The van der Waals surface area contributed by atoms with Gasteiger partial charge in [-0.1, -0.05) is 32.9 Å². The van der Waals surface area contributed by atoms with Crippen LogP contribution in [0.4, 0.5) is 0 Å². The van der Waals surface area contributed by atoms with Gasteiger partial charge in [-0.3, -0.25) is 0 Å². The third kappa shape index (κ3) is 2.18. The number of fused-ring (bicyclic) bond motifs is 2. The summed E-state index contributed by atoms with van der Waals surface area (Å²) in [4.78, 5) is 11.0. The Kier molecular flexibility index (Phi) is 3.36. The number of ether oxygens (including phenoxy) is 1. The van der Waals surface area contributed by atoms with Crippen molar-refractivity contribution < 1.29 is 14.6 Å². The Balaban J connectivity index is 1.69. The Morgan fingerprint density at radius 1 is 1.38 bits per heavy atom. The van der Waals surface area contributed by atoms with Crippen molar-refractivity contribution in [1.82, 2.24) is 0 Å². The van der Waals surface area contributed by atoms with Gasteiger partial charge in [0.15, 0.2) is 0 Å². The molecule has 21 heavy (non-hydrogen) atoms. The van der Waals surface area contributed by atoms with Crippen LogP contribution < -0.4 is 0 Å². The van der Waals surface area contributed by atoms with Crippen LogP contribution in [0.5, 0.6) is 0 Å². The first-order chi connectivity index (χ1) is 9.84. The highest BCUT2D eigenvalue weighted by Crippen LogP contribution is 2.66. The zero-order chi connectivity index (χ0) is 15.3. The molecule has 1 aromatic rings. The summed E-state index contributed by atoms with van der Waals surface area (Å²) in [5, 5.41) is 9.04. The molecule has 3 heteroatoms. The summed E-state index contributed by atoms with van der Waals surface area (Å²) in [6.45, 7) is 7.61. The van der Waals surface area contributed by atoms with Crippen molar-refractivity contribution >= 4 is 5.97 Å². The van der Waals surface area contributed by atoms with E-state index >= 15 is 0 Å². The normalized spacial score (nSPS) is 33.3. The summed E-state index contributed by atoms with van der Waals surface area (Å²) in [5.41, 5.74) is 1.87. The molecule has 0 aliphatic heterocycles. The van der Waals surface area contributed by atoms with Gasteiger partial charge in [0.1, 0.15) is 0 Å². The number of carboxylic acids is 1. The van der Waals surface area contributed by atoms with Gasteiger partial charge in [-0.2, -0.15) is 0 Å². The zero-order valence-electron chi connectivity index (χ0n) is 13.1. The van der Waals surface area contributed by atoms with Crippen LogP contribution in [0.3, 0.4) is 0 Å². The van der Waals surface area contributed by atoms with Gasteiger partial charge in [-0.15, -0.1) is 0 Å². The molecule has 2 bridgehead atoms. The molecule has 2 aliphatic carbocycles. The van der Waals surface area contributed by atoms with E-state index in [0.29, 0.717) is 23.7 Å². The van der Waals surface area contributed by atoms with Crippen molar-refractivity contribution in [3.63, 3.8) is 0 Å². The Bertz CT molecular complexity index is 563. The molecule has 1 N–H and O–H groups in total. The van der Waals surface area contributed by atoms with E-state index in [2.05, 4.69) is 20.8 Å². The average molecular weight is 288 g/mol. The van der Waals surface area contributed by atoms with Gasteiger partial charge in [0, 0.05) is 0 Å². The number of aromatic carboxylic acids is 1. The Labute approximate surface area is 126 Å². The molecule has 0 radical (unpaired) electrons. The summed E-state index contributed by atoms with van der Waals surface area (Å²) < 4.78 is 6.20. The summed E-state index contributed by atoms with van der Waals surface area (Å²) in [6.07, 6.45) is 3.99. The molecule has 1 aromatic carbocycles. The highest BCUT2D eigenvalue weighted by atomic mass is 16.5. The standard InChI is InChI=1S/C18H24O3/c1-17(2)14-7-8-18(17,3)15(10-14)21-11-12-5-4-6-13(9-12)16(19)20/h4-6,9,14-15H,7-8,10-11H2,1-3H3,(H,19,20). The van der Waals surface area contributed by atoms with Gasteiger partial charge in [-0.05, 0) is 53.7 Å². The highest BCUT2D eigenvalue weighted by Gasteiger charge is 2.61. The van der Waals surface area contributed by atoms with E-state index in [1.807, 2.05) is 6.07 Å². The third-order valence-corrected chi connectivity index (χ3v) is 6.34. The molecule has 3 nitrogen and oxygen atoms in total. The molecule has 114 valence electrons. The highest BCUT2D eigenvalue weighted by molar-refractivity contribution is 5.87. The maximum absolute atomic E-state index is 11.0. The van der Waals surface area contributed by atoms with Crippen molar-refractivity contribution in [1.29, 1.82) is 0 Å². The number of benzene rings is 1. The van der Waals surface area contributed by atoms with E-state index in [-0.39, 0.29) is 5.41 Å². The largest absolute Gasteiger partial charge is 0.478 e. The second-order valence-electron chi connectivity index (χ2n) is 7.42. The summed E-state index contributed by atoms with van der Waals surface area (Å²) >= 11 is 0. The van der Waals surface area contributed by atoms with Crippen LogP contribution >= 0.6 is 0 Å². The zero-order valence-corrected chi connectivity index (χ0v) is 13.1. The Hall–Kier alpha value is -1.35. The molecular weight excluding hydrogens is 264 g/mol. The molecule has 0 heterocycles. The SMILES string of the molecule is CC1(C)C2CCC1(C)C(OCc1cccc(C(=O)O)c1)C2. The molecule has 2 aliphatic rings. The van der Waals surface area contributed by atoms with Crippen molar-refractivity contribution in [3.05, 3.63) is 35.4 Å². The maximum atomic E-state index is 11.0. The fourth-order valence-corrected chi connectivity index (χ4v) is 4.37. The van der Waals surface area contributed by atoms with Gasteiger partial charge in [0.2, 0.25) is 0 Å². The first kappa shape index (κ1) is 14.6. The van der Waals surface area contributed by atoms with Crippen LogP contribution in [0.2, 0.25) is 0 Å². The average Bonchev–Trinajstić information content (AvgIpc) is 2.78. The topological polar surface area (TPSA) is 46.5 Å². The number of carboxylic acid groups (broad SMARTS) is 1. The fourth-order valence-electron chi connectivity index (χ4n) is 4.37. The molecule has 2 saturated carbocycles. The van der Waals surface area contributed by atoms with Gasteiger partial charge in [0.25, 0.3) is 0 Å². The van der Waals surface area contributed by atoms with Gasteiger partial charge >= 0.3 is 5.97 Å². The van der Waals surface area contributed by atoms with Crippen LogP contribution in [0.1, 0.15) is 56.0 Å². The van der Waals surface area contributed by atoms with E-state index in [9.17, 15) is 4.79 Å². The van der Waals surface area contributed by atoms with Crippen LogP contribution in [0.15, 0.2) is 24.3 Å². The molecule has 3 atom stereocenters. The second kappa shape index (κ2) is 4.84. The van der Waals surface area contributed by atoms with Crippen LogP contribution in [0.25, 0.3) is 0 Å². The number of hydrogen-bond acceptors (Lipinski definition) is 2. The third-order valence-electron chi connectivity index (χ3n) is 6.34. The van der Waals surface area contributed by atoms with Crippen molar-refractivity contribution in [3.8, 4) is 0 Å². The smallest absolute Gasteiger partial charge is 0.335 e. The van der Waals surface area contributed by atoms with Crippen LogP contribution in [-0.2, 0) is 11.3 Å². The van der Waals surface area contributed by atoms with Gasteiger partial charge in [-0.25, -0.2) is 4.79 Å². The van der Waals surface area contributed by atoms with E-state index in [1.54, 1.807) is 18.2 Å². The summed E-state index contributed by atoms with van der Waals surface area (Å²) in [6, 6.07) is 7.05. The van der Waals surface area contributed by atoms with Crippen molar-refractivity contribution in [2.24, 2.45) is 16.7 Å². The van der Waals surface area contributed by atoms with Crippen molar-refractivity contribution in [2.45, 2.75) is 52.7 Å². The Morgan fingerprint density at radius 2 is 2.14 bits per heavy atom. The lowest BCUT2D eigenvalue weighted by atomic mass is 9.70. The van der Waals surface area contributed by atoms with Gasteiger partial charge < -0.3 is 9.84 Å². The molecule has 3 unspecified atom stereocenters. The Morgan fingerprint density at radius 3 is 2.71 bits per heavy atom. The molecule has 0 spiro atoms. The lowest BCUT2D eigenvalue weighted by Gasteiger charge is -2.39. The minimum absolute atomic E-state index is 0.252. The fraction of sp³-hybridized carbons (Fsp3) is 0.611. The molecular formula is C18H24O3. The molecule has 0 aromatic heterocycles. The predicted octanol–water partition coefficient (Wildman–Crippen LogP) is 4.12. The molecule has 2 fully saturated rings. The second-order valence-corrected chi connectivity index (χ2v) is 7.42. The van der Waals surface area contributed by atoms with E-state index < -0.39 is 5.97 Å². The summed E-state index contributed by atoms with van der Waals surface area (Å²) in [5.74, 6) is -0.122. The maximum Gasteiger partial charge on any atom is 0.335 e. The van der Waals surface area contributed by atoms with Gasteiger partial charge in [0.05, 0.1) is 18.3 Å². The van der Waals surface area contributed by atoms with Crippen molar-refractivity contribution in [2.75, 3.05) is 0 Å². The number of rotatable bonds is 4. The monoisotopic (exact) mass is 288 g/mol. The minimum atomic E-state index is -0.884. The number of hydrogen-bond donors (Lipinski definition) is 1. The lowest BCUT2D eigenvalue weighted by Crippen LogP contribution is -2.37. The first-order valence-electron chi connectivity index (χ1n) is 7.78. The van der Waals surface area contributed by atoms with E-state index in [1.165, 1.54) is 12.8 Å².